The molecule has 0 spiro atoms. The Balaban J connectivity index is 2.25. The Morgan fingerprint density at radius 3 is 2.64 bits per heavy atom. The van der Waals surface area contributed by atoms with Crippen LogP contribution < -0.4 is 4.74 Å². The Hall–Kier alpha value is -2.69. The number of halogens is 3. The molecule has 0 radical (unpaired) electrons. The van der Waals surface area contributed by atoms with Crippen molar-refractivity contribution in [3.8, 4) is 11.8 Å². The van der Waals surface area contributed by atoms with Gasteiger partial charge in [-0.3, -0.25) is 9.79 Å². The first kappa shape index (κ1) is 21.6. The van der Waals surface area contributed by atoms with Crippen molar-refractivity contribution in [3.63, 3.8) is 0 Å². The summed E-state index contributed by atoms with van der Waals surface area (Å²) in [5.41, 5.74) is 1.02. The second-order valence-corrected chi connectivity index (χ2v) is 6.44. The minimum absolute atomic E-state index is 0.125. The van der Waals surface area contributed by atoms with Gasteiger partial charge in [-0.1, -0.05) is 11.6 Å². The van der Waals surface area contributed by atoms with Gasteiger partial charge >= 0.3 is 0 Å². The van der Waals surface area contributed by atoms with Crippen LogP contribution in [0.3, 0.4) is 0 Å². The summed E-state index contributed by atoms with van der Waals surface area (Å²) in [6.45, 7) is 2.58. The van der Waals surface area contributed by atoms with E-state index >= 15 is 0 Å². The van der Waals surface area contributed by atoms with E-state index in [1.165, 1.54) is 11.5 Å². The third-order valence-electron chi connectivity index (χ3n) is 3.66. The van der Waals surface area contributed by atoms with E-state index in [-0.39, 0.29) is 12.4 Å². The quantitative estimate of drug-likeness (QED) is 0.383. The summed E-state index contributed by atoms with van der Waals surface area (Å²) >= 11 is 10.0. The molecule has 0 N–H and O–H groups in total. The molecule has 0 heterocycles. The van der Waals surface area contributed by atoms with Crippen molar-refractivity contribution in [2.75, 3.05) is 6.61 Å². The lowest BCUT2D eigenvalue weighted by atomic mass is 10.1. The molecule has 0 unspecified atom stereocenters. The van der Waals surface area contributed by atoms with E-state index in [0.717, 1.165) is 19.1 Å². The maximum Gasteiger partial charge on any atom is 0.178 e. The van der Waals surface area contributed by atoms with Gasteiger partial charge in [-0.25, -0.2) is 8.78 Å². The van der Waals surface area contributed by atoms with E-state index in [1.807, 2.05) is 6.07 Å². The number of hydrogen-bond donors (Lipinski definition) is 1. The molecule has 0 aliphatic carbocycles. The molecule has 0 fully saturated rings. The molecule has 0 saturated carbocycles. The molecule has 2 rings (SSSR count). The number of aliphatic imine (C=N–C) groups is 1. The molecule has 0 aliphatic rings. The average Bonchev–Trinajstić information content (AvgIpc) is 2.65. The molecule has 0 aliphatic heterocycles. The van der Waals surface area contributed by atoms with Gasteiger partial charge in [0.25, 0.3) is 0 Å². The predicted molar refractivity (Wildman–Crippen MR) is 108 cm³/mol. The van der Waals surface area contributed by atoms with Crippen molar-refractivity contribution < 1.29 is 18.3 Å². The zero-order valence-electron chi connectivity index (χ0n) is 15.0. The predicted octanol–water partition coefficient (Wildman–Crippen LogP) is 5.46. The van der Waals surface area contributed by atoms with Crippen molar-refractivity contribution in [2.45, 2.75) is 13.8 Å². The van der Waals surface area contributed by atoms with E-state index in [2.05, 4.69) is 17.6 Å². The minimum Gasteiger partial charge on any atom is -0.485 e. The molecule has 2 aromatic carbocycles. The Morgan fingerprint density at radius 2 is 2.04 bits per heavy atom. The van der Waals surface area contributed by atoms with Crippen molar-refractivity contribution >= 4 is 41.4 Å². The van der Waals surface area contributed by atoms with Crippen molar-refractivity contribution in [2.24, 2.45) is 4.99 Å². The number of nitrogens with zero attached hydrogens (tertiary/aromatic N) is 2. The molecule has 28 heavy (non-hydrogen) atoms. The zero-order chi connectivity index (χ0) is 20.8. The highest BCUT2D eigenvalue weighted by Crippen LogP contribution is 2.26. The maximum absolute atomic E-state index is 14.3. The lowest BCUT2D eigenvalue weighted by Crippen LogP contribution is -2.11. The fourth-order valence-electron chi connectivity index (χ4n) is 2.38. The molecule has 0 bridgehead atoms. The lowest BCUT2D eigenvalue weighted by molar-refractivity contribution is 0.100. The monoisotopic (exact) mass is 420 g/mol. The highest BCUT2D eigenvalue weighted by molar-refractivity contribution is 7.83. The van der Waals surface area contributed by atoms with Crippen LogP contribution in [0.4, 0.5) is 8.78 Å². The topological polar surface area (TPSA) is 62.4 Å². The van der Waals surface area contributed by atoms with E-state index < -0.39 is 23.0 Å². The third kappa shape index (κ3) is 4.97. The van der Waals surface area contributed by atoms with E-state index in [9.17, 15) is 18.8 Å². The number of hydrogen-bond acceptors (Lipinski definition) is 5. The highest BCUT2D eigenvalue weighted by atomic mass is 35.5. The van der Waals surface area contributed by atoms with Crippen molar-refractivity contribution in [3.05, 3.63) is 69.1 Å². The van der Waals surface area contributed by atoms with Crippen LogP contribution in [-0.4, -0.2) is 18.1 Å². The third-order valence-corrected chi connectivity index (χ3v) is 4.14. The number of thiol groups is 1. The van der Waals surface area contributed by atoms with Crippen LogP contribution in [0.15, 0.2) is 40.7 Å². The van der Waals surface area contributed by atoms with Gasteiger partial charge in [0.1, 0.15) is 12.4 Å². The number of ketones is 1. The first-order valence-electron chi connectivity index (χ1n) is 7.98. The fraction of sp³-hybridized carbons (Fsp3) is 0.150. The van der Waals surface area contributed by atoms with Gasteiger partial charge in [0, 0.05) is 10.6 Å². The Bertz CT molecular complexity index is 1030. The van der Waals surface area contributed by atoms with Gasteiger partial charge in [0.2, 0.25) is 0 Å². The van der Waals surface area contributed by atoms with E-state index in [1.54, 1.807) is 19.1 Å². The van der Waals surface area contributed by atoms with Gasteiger partial charge in [-0.15, -0.1) is 12.6 Å². The molecular weight excluding hydrogens is 406 g/mol. The number of carbonyl (C=O) groups is 1. The summed E-state index contributed by atoms with van der Waals surface area (Å²) in [7, 11) is 0. The van der Waals surface area contributed by atoms with Crippen LogP contribution in [0.2, 0.25) is 5.02 Å². The summed E-state index contributed by atoms with van der Waals surface area (Å²) in [6, 6.07) is 8.87. The summed E-state index contributed by atoms with van der Waals surface area (Å²) in [5.74, 6) is -3.01. The molecular formula is C20H15ClF2N2O2S. The molecule has 0 aromatic heterocycles. The number of carbonyl (C=O) groups excluding carboxylic acids is 1. The molecule has 0 atom stereocenters. The first-order valence-corrected chi connectivity index (χ1v) is 8.88. The van der Waals surface area contributed by atoms with Crippen LogP contribution in [0.25, 0.3) is 5.70 Å². The molecule has 0 amide bonds. The summed E-state index contributed by atoms with van der Waals surface area (Å²) in [6.07, 6.45) is 0. The fourth-order valence-corrected chi connectivity index (χ4v) is 2.75. The highest BCUT2D eigenvalue weighted by Gasteiger charge is 2.18. The number of nitriles is 1. The number of benzene rings is 2. The van der Waals surface area contributed by atoms with Gasteiger partial charge in [-0.2, -0.15) is 5.26 Å². The van der Waals surface area contributed by atoms with Crippen LogP contribution in [-0.2, 0) is 0 Å². The summed E-state index contributed by atoms with van der Waals surface area (Å²) < 4.78 is 33.2. The van der Waals surface area contributed by atoms with Gasteiger partial charge in [0.15, 0.2) is 17.3 Å². The Labute approximate surface area is 171 Å². The second kappa shape index (κ2) is 9.49. The van der Waals surface area contributed by atoms with Gasteiger partial charge in [-0.05, 0) is 49.6 Å². The lowest BCUT2D eigenvalue weighted by Gasteiger charge is -2.11. The number of ether oxygens (including phenoxy) is 1. The first-order chi connectivity index (χ1) is 13.3. The van der Waals surface area contributed by atoms with Crippen LogP contribution in [0.5, 0.6) is 5.75 Å². The second-order valence-electron chi connectivity index (χ2n) is 5.74. The Morgan fingerprint density at radius 1 is 1.32 bits per heavy atom. The number of Topliss-reactive ketones (excluding diaryl/α,β-unsaturated/α-hetero) is 1. The van der Waals surface area contributed by atoms with Gasteiger partial charge < -0.3 is 4.74 Å². The molecule has 2 aromatic rings. The molecule has 0 saturated heterocycles. The number of rotatable bonds is 6. The minimum atomic E-state index is -1.06. The standard InChI is InChI=1S/C20H15ClF2N2O2S/c1-11(9-27-18-6-5-16(22)19(12(2)26)20(18)23)25-17(10-28)15-4-3-14(21)7-13(15)8-24/h3-7,10,28H,9H2,1-2H3/b17-10-,25-11+. The van der Waals surface area contributed by atoms with Crippen LogP contribution in [0.1, 0.15) is 35.3 Å². The molecule has 144 valence electrons. The summed E-state index contributed by atoms with van der Waals surface area (Å²) in [5, 5.41) is 11.1. The smallest absolute Gasteiger partial charge is 0.178 e. The van der Waals surface area contributed by atoms with E-state index in [0.29, 0.717) is 27.6 Å². The van der Waals surface area contributed by atoms with Crippen LogP contribution in [0, 0.1) is 23.0 Å². The SMILES string of the molecule is CC(=O)c1c(F)ccc(OC/C(C)=N/C(=C\S)c2ccc(Cl)cc2C#N)c1F. The molecule has 4 nitrogen and oxygen atoms in total. The Kier molecular flexibility index (Phi) is 7.32. The zero-order valence-corrected chi connectivity index (χ0v) is 16.6. The average molecular weight is 421 g/mol. The van der Waals surface area contributed by atoms with Crippen LogP contribution >= 0.6 is 24.2 Å². The largest absolute Gasteiger partial charge is 0.485 e. The van der Waals surface area contributed by atoms with Crippen molar-refractivity contribution in [1.29, 1.82) is 5.26 Å². The van der Waals surface area contributed by atoms with Crippen molar-refractivity contribution in [1.82, 2.24) is 0 Å². The normalized spacial score (nSPS) is 11.9. The van der Waals surface area contributed by atoms with E-state index in [4.69, 9.17) is 16.3 Å². The maximum atomic E-state index is 14.3. The molecule has 8 heteroatoms. The van der Waals surface area contributed by atoms with Gasteiger partial charge in [0.05, 0.1) is 28.6 Å². The summed E-state index contributed by atoms with van der Waals surface area (Å²) in [4.78, 5) is 15.7.